The number of hydrazone groups is 2. The predicted octanol–water partition coefficient (Wildman–Crippen LogP) is 6.46. The molecule has 0 aliphatic rings. The summed E-state index contributed by atoms with van der Waals surface area (Å²) in [6, 6.07) is 0. The van der Waals surface area contributed by atoms with Crippen molar-refractivity contribution in [2.75, 3.05) is 0 Å². The van der Waals surface area contributed by atoms with E-state index in [-0.39, 0.29) is 0 Å². The molecule has 0 aromatic rings. The molecule has 0 fully saturated rings. The van der Waals surface area contributed by atoms with E-state index in [0.717, 1.165) is 18.6 Å². The van der Waals surface area contributed by atoms with E-state index >= 15 is 0 Å². The van der Waals surface area contributed by atoms with Gasteiger partial charge in [0, 0.05) is 0 Å². The molecule has 26 heavy (non-hydrogen) atoms. The minimum atomic E-state index is -1.52. The van der Waals surface area contributed by atoms with Crippen molar-refractivity contribution in [1.82, 2.24) is 8.68 Å². The highest BCUT2D eigenvalue weighted by Crippen LogP contribution is 2.23. The number of hydrogen-bond acceptors (Lipinski definition) is 4. The van der Waals surface area contributed by atoms with Crippen LogP contribution in [0.25, 0.3) is 0 Å². The summed E-state index contributed by atoms with van der Waals surface area (Å²) in [7, 11) is -6.05. The van der Waals surface area contributed by atoms with Crippen molar-refractivity contribution in [3.63, 3.8) is 0 Å². The van der Waals surface area contributed by atoms with E-state index in [9.17, 15) is 0 Å². The molecule has 0 aromatic carbocycles. The molecule has 0 atom stereocenters. The average molecular weight is 431 g/mol. The van der Waals surface area contributed by atoms with E-state index in [4.69, 9.17) is 10.2 Å². The second-order valence-corrected chi connectivity index (χ2v) is 31.2. The molecule has 0 spiro atoms. The van der Waals surface area contributed by atoms with Gasteiger partial charge in [-0.2, -0.15) is 10.2 Å². The van der Waals surface area contributed by atoms with Crippen LogP contribution in [0.1, 0.15) is 26.7 Å². The van der Waals surface area contributed by atoms with Gasteiger partial charge in [-0.05, 0) is 13.3 Å². The van der Waals surface area contributed by atoms with Crippen LogP contribution in [0.5, 0.6) is 0 Å². The van der Waals surface area contributed by atoms with Crippen LogP contribution in [0, 0.1) is 0 Å². The van der Waals surface area contributed by atoms with Crippen molar-refractivity contribution >= 4 is 44.4 Å². The van der Waals surface area contributed by atoms with Crippen LogP contribution in [0.2, 0.25) is 78.6 Å². The lowest BCUT2D eigenvalue weighted by Crippen LogP contribution is -2.57. The Bertz CT molecular complexity index is 489. The third kappa shape index (κ3) is 8.22. The molecule has 154 valence electrons. The van der Waals surface area contributed by atoms with Gasteiger partial charge in [0.2, 0.25) is 0 Å². The molecule has 0 radical (unpaired) electrons. The summed E-state index contributed by atoms with van der Waals surface area (Å²) in [4.78, 5) is 0. The first-order valence-electron chi connectivity index (χ1n) is 10.1. The Morgan fingerprint density at radius 1 is 0.615 bits per heavy atom. The molecule has 0 N–H and O–H groups in total. The van der Waals surface area contributed by atoms with Crippen molar-refractivity contribution in [3.8, 4) is 0 Å². The molecule has 0 aliphatic heterocycles. The largest absolute Gasteiger partial charge is 0.350 e. The fourth-order valence-electron chi connectivity index (χ4n) is 3.48. The molecular weight excluding hydrogens is 385 g/mol. The lowest BCUT2D eigenvalue weighted by atomic mass is 10.1. The number of rotatable bonds is 9. The van der Waals surface area contributed by atoms with Crippen LogP contribution in [0.15, 0.2) is 10.2 Å². The van der Waals surface area contributed by atoms with E-state index < -0.39 is 32.9 Å². The fourth-order valence-corrected chi connectivity index (χ4v) is 21.3. The Labute approximate surface area is 168 Å². The smallest absolute Gasteiger partial charge is 0.158 e. The van der Waals surface area contributed by atoms with Gasteiger partial charge in [0.15, 0.2) is 32.9 Å². The molecule has 0 bridgehead atoms. The summed E-state index contributed by atoms with van der Waals surface area (Å²) in [5, 5.41) is 10.5. The summed E-state index contributed by atoms with van der Waals surface area (Å²) >= 11 is 0. The predicted molar refractivity (Wildman–Crippen MR) is 133 cm³/mol. The third-order valence-electron chi connectivity index (χ3n) is 3.92. The van der Waals surface area contributed by atoms with Crippen LogP contribution >= 0.6 is 0 Å². The summed E-state index contributed by atoms with van der Waals surface area (Å²) < 4.78 is 5.03. The standard InChI is InChI=1S/C18H46N4Si4/c1-15-16-18(20-22(25(9,10)11)26(12,13)14)17(2)19-21(23(3,4)5)24(6,7)8/h15-16H2,1-14H3/b19-17+,20-18+. The Kier molecular flexibility index (Phi) is 8.81. The Hall–Kier alpha value is -0.192. The van der Waals surface area contributed by atoms with Gasteiger partial charge in [-0.3, -0.25) is 0 Å². The maximum atomic E-state index is 5.27. The highest BCUT2D eigenvalue weighted by Gasteiger charge is 2.36. The van der Waals surface area contributed by atoms with E-state index in [1.807, 2.05) is 0 Å². The van der Waals surface area contributed by atoms with Crippen LogP contribution in [-0.4, -0.2) is 53.0 Å². The van der Waals surface area contributed by atoms with Crippen LogP contribution in [0.4, 0.5) is 0 Å². The zero-order chi connectivity index (χ0) is 21.1. The number of hydrogen-bond donors (Lipinski definition) is 0. The normalized spacial score (nSPS) is 15.3. The first-order valence-corrected chi connectivity index (χ1v) is 23.8. The first kappa shape index (κ1) is 25.8. The van der Waals surface area contributed by atoms with Crippen molar-refractivity contribution in [3.05, 3.63) is 0 Å². The van der Waals surface area contributed by atoms with Crippen molar-refractivity contribution in [2.24, 2.45) is 10.2 Å². The topological polar surface area (TPSA) is 31.2 Å². The summed E-state index contributed by atoms with van der Waals surface area (Å²) in [6.07, 6.45) is 2.11. The van der Waals surface area contributed by atoms with E-state index in [1.54, 1.807) is 0 Å². The first-order chi connectivity index (χ1) is 11.3. The third-order valence-corrected chi connectivity index (χ3v) is 17.4. The zero-order valence-electron chi connectivity index (χ0n) is 20.2. The van der Waals surface area contributed by atoms with Crippen LogP contribution < -0.4 is 0 Å². The SMILES string of the molecule is CCCC(=N\N([Si](C)(C)C)[Si](C)(C)C)/C(C)=N/N([Si](C)(C)C)[Si](C)(C)C. The molecule has 4 nitrogen and oxygen atoms in total. The maximum absolute atomic E-state index is 5.27. The molecule has 0 rings (SSSR count). The highest BCUT2D eigenvalue weighted by molar-refractivity contribution is 6.90. The van der Waals surface area contributed by atoms with Gasteiger partial charge in [0.1, 0.15) is 0 Å². The molecule has 0 saturated carbocycles. The second kappa shape index (κ2) is 8.87. The lowest BCUT2D eigenvalue weighted by Gasteiger charge is -2.43. The van der Waals surface area contributed by atoms with E-state index in [0.29, 0.717) is 0 Å². The average Bonchev–Trinajstić information content (AvgIpc) is 2.34. The minimum absolute atomic E-state index is 1.01. The van der Waals surface area contributed by atoms with Gasteiger partial charge in [0.25, 0.3) is 0 Å². The minimum Gasteiger partial charge on any atom is -0.350 e. The zero-order valence-corrected chi connectivity index (χ0v) is 24.2. The molecule has 8 heteroatoms. The van der Waals surface area contributed by atoms with Gasteiger partial charge in [-0.25, -0.2) is 0 Å². The lowest BCUT2D eigenvalue weighted by molar-refractivity contribution is 0.656. The van der Waals surface area contributed by atoms with Crippen molar-refractivity contribution in [1.29, 1.82) is 0 Å². The quantitative estimate of drug-likeness (QED) is 0.239. The van der Waals surface area contributed by atoms with E-state index in [1.165, 1.54) is 5.71 Å². The number of nitrogens with zero attached hydrogens (tertiary/aromatic N) is 4. The molecule has 0 unspecified atom stereocenters. The Morgan fingerprint density at radius 3 is 1.19 bits per heavy atom. The molecule has 0 amide bonds. The van der Waals surface area contributed by atoms with Gasteiger partial charge in [-0.15, -0.1) is 0 Å². The molecular formula is C18H46N4Si4. The van der Waals surface area contributed by atoms with Crippen molar-refractivity contribution in [2.45, 2.75) is 105 Å². The molecule has 0 aromatic heterocycles. The maximum Gasteiger partial charge on any atom is 0.158 e. The fraction of sp³-hybridized carbons (Fsp3) is 0.889. The summed E-state index contributed by atoms with van der Waals surface area (Å²) in [5.41, 5.74) is 2.32. The monoisotopic (exact) mass is 430 g/mol. The van der Waals surface area contributed by atoms with Gasteiger partial charge in [-0.1, -0.05) is 91.9 Å². The van der Waals surface area contributed by atoms with Gasteiger partial charge in [0.05, 0.1) is 11.4 Å². The molecule has 0 heterocycles. The Morgan fingerprint density at radius 2 is 0.923 bits per heavy atom. The second-order valence-electron chi connectivity index (χ2n) is 11.3. The van der Waals surface area contributed by atoms with Gasteiger partial charge >= 0.3 is 0 Å². The van der Waals surface area contributed by atoms with Gasteiger partial charge < -0.3 is 8.68 Å². The van der Waals surface area contributed by atoms with Crippen molar-refractivity contribution < 1.29 is 0 Å². The van der Waals surface area contributed by atoms with E-state index in [2.05, 4.69) is 101 Å². The summed E-state index contributed by atoms with van der Waals surface area (Å²) in [5.74, 6) is 0. The van der Waals surface area contributed by atoms with Crippen LogP contribution in [0.3, 0.4) is 0 Å². The Balaban J connectivity index is 6.21. The van der Waals surface area contributed by atoms with Crippen LogP contribution in [-0.2, 0) is 0 Å². The molecule has 0 saturated heterocycles. The highest BCUT2D eigenvalue weighted by atomic mass is 28.4. The molecule has 0 aliphatic carbocycles. The summed E-state index contributed by atoms with van der Waals surface area (Å²) in [6.45, 7) is 33.2.